The molecule has 1 aliphatic heterocycles. The first kappa shape index (κ1) is 17.2. The van der Waals surface area contributed by atoms with Gasteiger partial charge in [-0.2, -0.15) is 0 Å². The van der Waals surface area contributed by atoms with Gasteiger partial charge in [0, 0.05) is 30.9 Å². The molecule has 3 amide bonds. The van der Waals surface area contributed by atoms with E-state index in [4.69, 9.17) is 0 Å². The van der Waals surface area contributed by atoms with E-state index >= 15 is 0 Å². The van der Waals surface area contributed by atoms with E-state index in [1.165, 1.54) is 6.92 Å². The van der Waals surface area contributed by atoms with Crippen molar-refractivity contribution in [2.45, 2.75) is 25.4 Å². The smallest absolute Gasteiger partial charge is 0.322 e. The maximum atomic E-state index is 12.5. The van der Waals surface area contributed by atoms with Gasteiger partial charge in [0.2, 0.25) is 5.91 Å². The number of nitrogens with zero attached hydrogens (tertiary/aromatic N) is 2. The summed E-state index contributed by atoms with van der Waals surface area (Å²) in [5.41, 5.74) is 1.23. The molecule has 0 radical (unpaired) electrons. The number of aliphatic hydroxyl groups excluding tert-OH is 1. The van der Waals surface area contributed by atoms with Crippen LogP contribution in [-0.4, -0.2) is 66.2 Å². The first-order valence-corrected chi connectivity index (χ1v) is 7.63. The Kier molecular flexibility index (Phi) is 5.57. The molecular formula is C16H24N4O3. The first-order valence-electron chi connectivity index (χ1n) is 7.63. The highest BCUT2D eigenvalue weighted by Gasteiger charge is 2.35. The van der Waals surface area contributed by atoms with E-state index in [2.05, 4.69) is 15.5 Å². The average molecular weight is 320 g/mol. The number of hydrogen-bond donors (Lipinski definition) is 3. The van der Waals surface area contributed by atoms with Crippen molar-refractivity contribution < 1.29 is 14.7 Å². The van der Waals surface area contributed by atoms with Crippen LogP contribution in [0.15, 0.2) is 24.3 Å². The topological polar surface area (TPSA) is 84.9 Å². The van der Waals surface area contributed by atoms with Crippen molar-refractivity contribution in [2.75, 3.05) is 37.9 Å². The third-order valence-electron chi connectivity index (χ3n) is 4.03. The Bertz CT molecular complexity index is 576. The minimum atomic E-state index is -0.242. The zero-order valence-electron chi connectivity index (χ0n) is 13.7. The third-order valence-corrected chi connectivity index (χ3v) is 4.03. The monoisotopic (exact) mass is 320 g/mol. The number of anilines is 2. The number of rotatable bonds is 4. The summed E-state index contributed by atoms with van der Waals surface area (Å²) in [4.78, 5) is 27.3. The normalized spacial score (nSPS) is 20.7. The second-order valence-corrected chi connectivity index (χ2v) is 6.03. The number of nitrogens with one attached hydrogen (secondary N) is 2. The number of carbonyl (C=O) groups excluding carboxylic acids is 2. The van der Waals surface area contributed by atoms with Gasteiger partial charge in [0.05, 0.1) is 12.6 Å². The molecule has 2 rings (SSSR count). The molecule has 0 aromatic heterocycles. The first-order chi connectivity index (χ1) is 10.9. The highest BCUT2D eigenvalue weighted by Crippen LogP contribution is 2.22. The fourth-order valence-corrected chi connectivity index (χ4v) is 2.76. The lowest BCUT2D eigenvalue weighted by Gasteiger charge is -2.23. The van der Waals surface area contributed by atoms with Gasteiger partial charge in [-0.25, -0.2) is 4.79 Å². The fraction of sp³-hybridized carbons (Fsp3) is 0.500. The lowest BCUT2D eigenvalue weighted by atomic mass is 10.2. The quantitative estimate of drug-likeness (QED) is 0.777. The molecule has 3 N–H and O–H groups in total. The molecule has 1 fully saturated rings. The largest absolute Gasteiger partial charge is 0.394 e. The Labute approximate surface area is 136 Å². The SMILES string of the molecule is CC(=O)Nc1cccc(NC(=O)N2C[C@H](N(C)C)C[C@H]2CO)c1. The van der Waals surface area contributed by atoms with Crippen molar-refractivity contribution in [3.05, 3.63) is 24.3 Å². The Morgan fingerprint density at radius 1 is 1.30 bits per heavy atom. The Morgan fingerprint density at radius 2 is 1.96 bits per heavy atom. The van der Waals surface area contributed by atoms with Crippen LogP contribution in [0.1, 0.15) is 13.3 Å². The van der Waals surface area contributed by atoms with Crippen LogP contribution in [0.25, 0.3) is 0 Å². The number of aliphatic hydroxyl groups is 1. The molecule has 2 atom stereocenters. The molecule has 7 nitrogen and oxygen atoms in total. The lowest BCUT2D eigenvalue weighted by molar-refractivity contribution is -0.114. The minimum Gasteiger partial charge on any atom is -0.394 e. The number of amides is 3. The second kappa shape index (κ2) is 7.43. The zero-order valence-corrected chi connectivity index (χ0v) is 13.7. The Hall–Kier alpha value is -2.12. The van der Waals surface area contributed by atoms with Gasteiger partial charge >= 0.3 is 6.03 Å². The molecule has 1 aromatic rings. The summed E-state index contributed by atoms with van der Waals surface area (Å²) in [6.45, 7) is 1.96. The van der Waals surface area contributed by atoms with Crippen LogP contribution in [0.2, 0.25) is 0 Å². The van der Waals surface area contributed by atoms with Gasteiger partial charge in [-0.05, 0) is 38.7 Å². The van der Waals surface area contributed by atoms with Crippen LogP contribution in [0.5, 0.6) is 0 Å². The van der Waals surface area contributed by atoms with Crippen LogP contribution in [0.3, 0.4) is 0 Å². The molecule has 0 bridgehead atoms. The summed E-state index contributed by atoms with van der Waals surface area (Å²) in [6.07, 6.45) is 0.753. The Morgan fingerprint density at radius 3 is 2.52 bits per heavy atom. The molecule has 1 saturated heterocycles. The summed E-state index contributed by atoms with van der Waals surface area (Å²) >= 11 is 0. The van der Waals surface area contributed by atoms with Crippen molar-refractivity contribution >= 4 is 23.3 Å². The molecule has 1 heterocycles. The van der Waals surface area contributed by atoms with E-state index in [-0.39, 0.29) is 30.6 Å². The van der Waals surface area contributed by atoms with Crippen molar-refractivity contribution in [3.8, 4) is 0 Å². The Balaban J connectivity index is 2.05. The molecule has 1 aliphatic rings. The van der Waals surface area contributed by atoms with E-state index in [9.17, 15) is 14.7 Å². The van der Waals surface area contributed by atoms with Crippen LogP contribution in [0, 0.1) is 0 Å². The highest BCUT2D eigenvalue weighted by atomic mass is 16.3. The lowest BCUT2D eigenvalue weighted by Crippen LogP contribution is -2.41. The van der Waals surface area contributed by atoms with Gasteiger partial charge < -0.3 is 25.5 Å². The molecule has 1 aromatic carbocycles. The van der Waals surface area contributed by atoms with E-state index < -0.39 is 0 Å². The van der Waals surface area contributed by atoms with Crippen LogP contribution >= 0.6 is 0 Å². The van der Waals surface area contributed by atoms with Gasteiger partial charge in [-0.15, -0.1) is 0 Å². The number of likely N-dealkylation sites (N-methyl/N-ethyl adjacent to an activating group) is 1. The number of urea groups is 1. The third kappa shape index (κ3) is 4.43. The number of hydrogen-bond acceptors (Lipinski definition) is 4. The average Bonchev–Trinajstić information content (AvgIpc) is 2.91. The molecule has 0 spiro atoms. The fourth-order valence-electron chi connectivity index (χ4n) is 2.76. The second-order valence-electron chi connectivity index (χ2n) is 6.03. The van der Waals surface area contributed by atoms with Crippen molar-refractivity contribution in [2.24, 2.45) is 0 Å². The van der Waals surface area contributed by atoms with Gasteiger partial charge in [0.15, 0.2) is 0 Å². The van der Waals surface area contributed by atoms with Crippen LogP contribution in [-0.2, 0) is 4.79 Å². The predicted octanol–water partition coefficient (Wildman–Crippen LogP) is 1.17. The number of carbonyl (C=O) groups is 2. The summed E-state index contributed by atoms with van der Waals surface area (Å²) < 4.78 is 0. The minimum absolute atomic E-state index is 0.0519. The predicted molar refractivity (Wildman–Crippen MR) is 89.4 cm³/mol. The summed E-state index contributed by atoms with van der Waals surface area (Å²) in [6, 6.07) is 6.80. The maximum Gasteiger partial charge on any atom is 0.322 e. The molecule has 0 unspecified atom stereocenters. The standard InChI is InChI=1S/C16H24N4O3/c1-11(22)17-12-5-4-6-13(7-12)18-16(23)20-9-14(19(2)3)8-15(20)10-21/h4-7,14-15,21H,8-10H2,1-3H3,(H,17,22)(H,18,23)/t14-,15+/m1/s1. The van der Waals surface area contributed by atoms with Crippen molar-refractivity contribution in [3.63, 3.8) is 0 Å². The van der Waals surface area contributed by atoms with E-state index in [1.54, 1.807) is 29.2 Å². The van der Waals surface area contributed by atoms with Crippen LogP contribution < -0.4 is 10.6 Å². The van der Waals surface area contributed by atoms with Crippen LogP contribution in [0.4, 0.5) is 16.2 Å². The highest BCUT2D eigenvalue weighted by molar-refractivity contribution is 5.92. The molecule has 0 saturated carbocycles. The van der Waals surface area contributed by atoms with Gasteiger partial charge in [0.25, 0.3) is 0 Å². The van der Waals surface area contributed by atoms with Gasteiger partial charge in [-0.3, -0.25) is 4.79 Å². The summed E-state index contributed by atoms with van der Waals surface area (Å²) in [5.74, 6) is -0.165. The zero-order chi connectivity index (χ0) is 17.0. The summed E-state index contributed by atoms with van der Waals surface area (Å²) in [5, 5.41) is 15.0. The molecule has 7 heteroatoms. The number of benzene rings is 1. The molecule has 0 aliphatic carbocycles. The van der Waals surface area contributed by atoms with E-state index in [0.29, 0.717) is 17.9 Å². The van der Waals surface area contributed by atoms with Gasteiger partial charge in [-0.1, -0.05) is 6.07 Å². The van der Waals surface area contributed by atoms with E-state index in [1.807, 2.05) is 14.1 Å². The number of likely N-dealkylation sites (tertiary alicyclic amines) is 1. The van der Waals surface area contributed by atoms with E-state index in [0.717, 1.165) is 6.42 Å². The van der Waals surface area contributed by atoms with Crippen molar-refractivity contribution in [1.29, 1.82) is 0 Å². The molecule has 126 valence electrons. The maximum absolute atomic E-state index is 12.5. The molecular weight excluding hydrogens is 296 g/mol. The van der Waals surface area contributed by atoms with Gasteiger partial charge in [0.1, 0.15) is 0 Å². The molecule has 23 heavy (non-hydrogen) atoms. The van der Waals surface area contributed by atoms with Crippen molar-refractivity contribution in [1.82, 2.24) is 9.80 Å². The summed E-state index contributed by atoms with van der Waals surface area (Å²) in [7, 11) is 3.94.